The van der Waals surface area contributed by atoms with Crippen molar-refractivity contribution >= 4 is 38.9 Å². The summed E-state index contributed by atoms with van der Waals surface area (Å²) in [5.41, 5.74) is 1.19. The zero-order valence-electron chi connectivity index (χ0n) is 15.8. The van der Waals surface area contributed by atoms with Crippen molar-refractivity contribution in [1.82, 2.24) is 19.4 Å². The normalized spacial score (nSPS) is 15.2. The Hall–Kier alpha value is -2.24. The largest absolute Gasteiger partial charge is 0.379 e. The minimum absolute atomic E-state index is 0.230. The average Bonchev–Trinajstić information content (AvgIpc) is 3.44. The SMILES string of the molecule is O=C(NCc1ccc(S(=O)(=O)N2CCOCC2)s1)c1cnn(-c2ccc(Cl)cc2)c1. The van der Waals surface area contributed by atoms with Crippen LogP contribution in [0.1, 0.15) is 15.2 Å². The van der Waals surface area contributed by atoms with Crippen molar-refractivity contribution in [2.24, 2.45) is 0 Å². The lowest BCUT2D eigenvalue weighted by Crippen LogP contribution is -2.40. The highest BCUT2D eigenvalue weighted by Crippen LogP contribution is 2.25. The number of benzene rings is 1. The minimum atomic E-state index is -3.53. The number of nitrogens with one attached hydrogen (secondary N) is 1. The van der Waals surface area contributed by atoms with Crippen LogP contribution in [-0.2, 0) is 21.3 Å². The molecule has 1 N–H and O–H groups in total. The summed E-state index contributed by atoms with van der Waals surface area (Å²) < 4.78 is 33.9. The van der Waals surface area contributed by atoms with Gasteiger partial charge in [-0.15, -0.1) is 11.3 Å². The number of rotatable bonds is 6. The van der Waals surface area contributed by atoms with E-state index in [-0.39, 0.29) is 16.7 Å². The van der Waals surface area contributed by atoms with Crippen molar-refractivity contribution in [3.05, 3.63) is 64.3 Å². The molecule has 0 bridgehead atoms. The van der Waals surface area contributed by atoms with Gasteiger partial charge in [-0.05, 0) is 36.4 Å². The van der Waals surface area contributed by atoms with Crippen LogP contribution in [0.4, 0.5) is 0 Å². The standard InChI is InChI=1S/C19H19ClN4O4S2/c20-15-1-3-16(4-2-15)24-13-14(11-22-24)19(25)21-12-17-5-6-18(29-17)30(26,27)23-7-9-28-10-8-23/h1-6,11,13H,7-10,12H2,(H,21,25). The number of hydrogen-bond donors (Lipinski definition) is 1. The highest BCUT2D eigenvalue weighted by atomic mass is 35.5. The predicted octanol–water partition coefficient (Wildman–Crippen LogP) is 2.54. The Morgan fingerprint density at radius 2 is 1.90 bits per heavy atom. The van der Waals surface area contributed by atoms with Crippen LogP contribution in [0.15, 0.2) is 53.0 Å². The van der Waals surface area contributed by atoms with Crippen LogP contribution in [0.25, 0.3) is 5.69 Å². The summed E-state index contributed by atoms with van der Waals surface area (Å²) in [6.45, 7) is 1.73. The molecule has 0 atom stereocenters. The van der Waals surface area contributed by atoms with Gasteiger partial charge in [-0.3, -0.25) is 4.79 Å². The summed E-state index contributed by atoms with van der Waals surface area (Å²) in [4.78, 5) is 13.2. The molecule has 3 heterocycles. The van der Waals surface area contributed by atoms with Crippen molar-refractivity contribution in [3.63, 3.8) is 0 Å². The molecule has 8 nitrogen and oxygen atoms in total. The van der Waals surface area contributed by atoms with Gasteiger partial charge in [-0.25, -0.2) is 13.1 Å². The van der Waals surface area contributed by atoms with E-state index in [1.807, 2.05) is 0 Å². The van der Waals surface area contributed by atoms with E-state index in [0.29, 0.717) is 36.9 Å². The van der Waals surface area contributed by atoms with Crippen molar-refractivity contribution in [3.8, 4) is 5.69 Å². The summed E-state index contributed by atoms with van der Waals surface area (Å²) in [7, 11) is -3.53. The molecule has 0 saturated carbocycles. The molecule has 0 unspecified atom stereocenters. The number of morpholine rings is 1. The predicted molar refractivity (Wildman–Crippen MR) is 114 cm³/mol. The summed E-state index contributed by atoms with van der Waals surface area (Å²) in [5, 5.41) is 7.62. The first-order chi connectivity index (χ1) is 14.4. The van der Waals surface area contributed by atoms with Crippen LogP contribution in [0.5, 0.6) is 0 Å². The highest BCUT2D eigenvalue weighted by molar-refractivity contribution is 7.91. The second-order valence-electron chi connectivity index (χ2n) is 6.57. The lowest BCUT2D eigenvalue weighted by atomic mass is 10.3. The zero-order valence-corrected chi connectivity index (χ0v) is 18.2. The van der Waals surface area contributed by atoms with Crippen LogP contribution in [-0.4, -0.2) is 54.7 Å². The number of carbonyl (C=O) groups excluding carboxylic acids is 1. The molecule has 2 aromatic heterocycles. The Morgan fingerprint density at radius 3 is 2.63 bits per heavy atom. The molecule has 1 aromatic carbocycles. The van der Waals surface area contributed by atoms with Gasteiger partial charge in [0.15, 0.2) is 0 Å². The van der Waals surface area contributed by atoms with E-state index in [1.54, 1.807) is 47.3 Å². The van der Waals surface area contributed by atoms with E-state index in [1.165, 1.54) is 10.5 Å². The first-order valence-electron chi connectivity index (χ1n) is 9.19. The van der Waals surface area contributed by atoms with E-state index in [2.05, 4.69) is 10.4 Å². The quantitative estimate of drug-likeness (QED) is 0.602. The molecule has 1 saturated heterocycles. The van der Waals surface area contributed by atoms with Crippen LogP contribution in [0.2, 0.25) is 5.02 Å². The van der Waals surface area contributed by atoms with Gasteiger partial charge in [0, 0.05) is 29.2 Å². The highest BCUT2D eigenvalue weighted by Gasteiger charge is 2.27. The number of amides is 1. The number of halogens is 1. The fraction of sp³-hybridized carbons (Fsp3) is 0.263. The number of thiophene rings is 1. The third kappa shape index (κ3) is 4.57. The van der Waals surface area contributed by atoms with Gasteiger partial charge < -0.3 is 10.1 Å². The Balaban J connectivity index is 1.38. The number of sulfonamides is 1. The fourth-order valence-corrected chi connectivity index (χ4v) is 5.93. The molecule has 158 valence electrons. The Bertz CT molecular complexity index is 1140. The van der Waals surface area contributed by atoms with E-state index >= 15 is 0 Å². The minimum Gasteiger partial charge on any atom is -0.379 e. The van der Waals surface area contributed by atoms with Crippen molar-refractivity contribution in [2.45, 2.75) is 10.8 Å². The molecular weight excluding hydrogens is 448 g/mol. The number of carbonyl (C=O) groups is 1. The molecule has 0 aliphatic carbocycles. The monoisotopic (exact) mass is 466 g/mol. The molecule has 1 amide bonds. The van der Waals surface area contributed by atoms with E-state index in [4.69, 9.17) is 16.3 Å². The topological polar surface area (TPSA) is 93.5 Å². The lowest BCUT2D eigenvalue weighted by Gasteiger charge is -2.25. The first-order valence-corrected chi connectivity index (χ1v) is 11.8. The molecule has 0 spiro atoms. The van der Waals surface area contributed by atoms with Gasteiger partial charge in [-0.2, -0.15) is 9.40 Å². The van der Waals surface area contributed by atoms with Crippen molar-refractivity contribution in [1.29, 1.82) is 0 Å². The van der Waals surface area contributed by atoms with E-state index in [0.717, 1.165) is 21.9 Å². The van der Waals surface area contributed by atoms with Gasteiger partial charge in [0.25, 0.3) is 15.9 Å². The molecule has 30 heavy (non-hydrogen) atoms. The van der Waals surface area contributed by atoms with Gasteiger partial charge in [0.2, 0.25) is 0 Å². The molecule has 0 radical (unpaired) electrons. The van der Waals surface area contributed by atoms with Gasteiger partial charge in [0.05, 0.1) is 37.2 Å². The van der Waals surface area contributed by atoms with E-state index in [9.17, 15) is 13.2 Å². The Labute approximate surface area is 183 Å². The van der Waals surface area contributed by atoms with Crippen LogP contribution in [0.3, 0.4) is 0 Å². The van der Waals surface area contributed by atoms with Gasteiger partial charge >= 0.3 is 0 Å². The van der Waals surface area contributed by atoms with Gasteiger partial charge in [-0.1, -0.05) is 11.6 Å². The molecule has 11 heteroatoms. The number of hydrogen-bond acceptors (Lipinski definition) is 6. The van der Waals surface area contributed by atoms with Crippen LogP contribution in [0, 0.1) is 0 Å². The molecular formula is C19H19ClN4O4S2. The van der Waals surface area contributed by atoms with Gasteiger partial charge in [0.1, 0.15) is 4.21 Å². The maximum absolute atomic E-state index is 12.7. The molecule has 1 aliphatic heterocycles. The Kier molecular flexibility index (Phi) is 6.21. The summed E-state index contributed by atoms with van der Waals surface area (Å²) in [6, 6.07) is 10.4. The average molecular weight is 467 g/mol. The third-order valence-corrected chi connectivity index (χ3v) is 8.26. The smallest absolute Gasteiger partial charge is 0.254 e. The number of nitrogens with zero attached hydrogens (tertiary/aromatic N) is 3. The number of aromatic nitrogens is 2. The Morgan fingerprint density at radius 1 is 1.17 bits per heavy atom. The van der Waals surface area contributed by atoms with Crippen molar-refractivity contribution < 1.29 is 17.9 Å². The molecule has 3 aromatic rings. The second kappa shape index (κ2) is 8.86. The molecule has 1 fully saturated rings. The summed E-state index contributed by atoms with van der Waals surface area (Å²) in [6.07, 6.45) is 3.11. The summed E-state index contributed by atoms with van der Waals surface area (Å²) in [5.74, 6) is -0.291. The lowest BCUT2D eigenvalue weighted by molar-refractivity contribution is 0.0731. The zero-order chi connectivity index (χ0) is 21.1. The third-order valence-electron chi connectivity index (χ3n) is 4.56. The van der Waals surface area contributed by atoms with Crippen molar-refractivity contribution in [2.75, 3.05) is 26.3 Å². The molecule has 1 aliphatic rings. The second-order valence-corrected chi connectivity index (χ2v) is 10.3. The number of ether oxygens (including phenoxy) is 1. The molecule has 4 rings (SSSR count). The first kappa shape index (κ1) is 21.0. The maximum atomic E-state index is 12.7. The summed E-state index contributed by atoms with van der Waals surface area (Å²) >= 11 is 7.05. The van der Waals surface area contributed by atoms with Crippen LogP contribution >= 0.6 is 22.9 Å². The van der Waals surface area contributed by atoms with E-state index < -0.39 is 10.0 Å². The maximum Gasteiger partial charge on any atom is 0.254 e. The fourth-order valence-electron chi connectivity index (χ4n) is 2.95. The van der Waals surface area contributed by atoms with Crippen LogP contribution < -0.4 is 5.32 Å².